The number of rotatable bonds is 1. The molecule has 0 aliphatic carbocycles. The van der Waals surface area contributed by atoms with E-state index in [-0.39, 0.29) is 21.5 Å². The predicted molar refractivity (Wildman–Crippen MR) is 133 cm³/mol. The van der Waals surface area contributed by atoms with E-state index in [1.807, 2.05) is 36.4 Å². The number of ketones is 1. The maximum Gasteiger partial charge on any atom is 0.309 e. The second-order valence-corrected chi connectivity index (χ2v) is 13.9. The third kappa shape index (κ3) is 8.03. The number of alkyl halides is 2. The van der Waals surface area contributed by atoms with Gasteiger partial charge in [0, 0.05) is 9.34 Å². The second kappa shape index (κ2) is 11.2. The van der Waals surface area contributed by atoms with Gasteiger partial charge < -0.3 is 14.9 Å². The Morgan fingerprint density at radius 2 is 1.72 bits per heavy atom. The van der Waals surface area contributed by atoms with Gasteiger partial charge in [-0.15, -0.1) is 0 Å². The van der Waals surface area contributed by atoms with Crippen molar-refractivity contribution in [2.24, 2.45) is 11.8 Å². The number of carbonyl (C=O) groups is 2. The molecule has 168 valence electrons. The molecule has 1 saturated heterocycles. The van der Waals surface area contributed by atoms with E-state index in [1.54, 1.807) is 13.8 Å². The zero-order chi connectivity index (χ0) is 22.6. The molecule has 7 atom stereocenters. The van der Waals surface area contributed by atoms with Crippen molar-refractivity contribution in [3.05, 3.63) is 12.2 Å². The summed E-state index contributed by atoms with van der Waals surface area (Å²) in [7, 11) is 0. The van der Waals surface area contributed by atoms with Gasteiger partial charge in [-0.25, -0.2) is 0 Å². The lowest BCUT2D eigenvalue weighted by Crippen LogP contribution is -2.48. The van der Waals surface area contributed by atoms with Gasteiger partial charge in [0.1, 0.15) is 9.53 Å². The lowest BCUT2D eigenvalue weighted by molar-refractivity contribution is -0.150. The number of esters is 1. The molecular formula is C22H36I2O5. The number of ether oxygens (including phenoxy) is 1. The van der Waals surface area contributed by atoms with Crippen molar-refractivity contribution in [2.75, 3.05) is 0 Å². The average Bonchev–Trinajstić information content (AvgIpc) is 2.61. The van der Waals surface area contributed by atoms with Crippen molar-refractivity contribution >= 4 is 56.9 Å². The van der Waals surface area contributed by atoms with Gasteiger partial charge in [-0.3, -0.25) is 9.59 Å². The molecule has 1 unspecified atom stereocenters. The molecule has 0 aromatic carbocycles. The Bertz CT molecular complexity index is 602. The summed E-state index contributed by atoms with van der Waals surface area (Å²) in [6.45, 7) is 13.3. The van der Waals surface area contributed by atoms with E-state index in [0.717, 1.165) is 31.3 Å². The summed E-state index contributed by atoms with van der Waals surface area (Å²) in [5.41, 5.74) is 0.778. The summed E-state index contributed by atoms with van der Waals surface area (Å²) in [6, 6.07) is 0. The number of cyclic esters (lactones) is 1. The van der Waals surface area contributed by atoms with Crippen LogP contribution in [0.1, 0.15) is 73.1 Å². The molecule has 7 heteroatoms. The van der Waals surface area contributed by atoms with Gasteiger partial charge in [-0.05, 0) is 51.0 Å². The van der Waals surface area contributed by atoms with Crippen LogP contribution in [0.4, 0.5) is 0 Å². The summed E-state index contributed by atoms with van der Waals surface area (Å²) < 4.78 is 4.46. The lowest BCUT2D eigenvalue weighted by atomic mass is 9.81. The molecule has 2 N–H and O–H groups in total. The predicted octanol–water partition coefficient (Wildman–Crippen LogP) is 4.78. The van der Waals surface area contributed by atoms with Crippen LogP contribution < -0.4 is 0 Å². The van der Waals surface area contributed by atoms with Crippen LogP contribution in [-0.2, 0) is 14.3 Å². The van der Waals surface area contributed by atoms with Crippen LogP contribution in [0.15, 0.2) is 12.2 Å². The molecule has 0 radical (unpaired) electrons. The van der Waals surface area contributed by atoms with Gasteiger partial charge in [0.15, 0.2) is 5.78 Å². The third-order valence-corrected chi connectivity index (χ3v) is 8.41. The Labute approximate surface area is 202 Å². The number of carbonyl (C=O) groups excluding carboxylic acids is 2. The van der Waals surface area contributed by atoms with Crippen LogP contribution in [0.25, 0.3) is 0 Å². The number of hydrogen-bond acceptors (Lipinski definition) is 5. The van der Waals surface area contributed by atoms with Crippen LogP contribution in [0.3, 0.4) is 0 Å². The van der Waals surface area contributed by atoms with Crippen LogP contribution in [0, 0.1) is 11.8 Å². The molecule has 0 spiro atoms. The van der Waals surface area contributed by atoms with E-state index in [1.165, 1.54) is 0 Å². The fourth-order valence-electron chi connectivity index (χ4n) is 3.74. The minimum Gasteiger partial charge on any atom is -0.458 e. The number of hydrogen-bond donors (Lipinski definition) is 2. The molecule has 0 aromatic rings. The highest BCUT2D eigenvalue weighted by molar-refractivity contribution is 14.1. The fourth-order valence-corrected chi connectivity index (χ4v) is 5.14. The van der Waals surface area contributed by atoms with E-state index < -0.39 is 33.6 Å². The first kappa shape index (κ1) is 27.3. The number of halogens is 2. The van der Waals surface area contributed by atoms with Crippen molar-refractivity contribution in [1.82, 2.24) is 0 Å². The topological polar surface area (TPSA) is 83.8 Å². The third-order valence-electron chi connectivity index (χ3n) is 6.09. The van der Waals surface area contributed by atoms with Crippen LogP contribution in [0.5, 0.6) is 0 Å². The van der Waals surface area contributed by atoms with Crippen LogP contribution in [-0.4, -0.2) is 47.1 Å². The number of Topliss-reactive ketones (excluding diaryl/α,β-unsaturated/α-hetero) is 1. The first-order valence-electron chi connectivity index (χ1n) is 10.3. The van der Waals surface area contributed by atoms with E-state index in [2.05, 4.69) is 36.1 Å². The minimum absolute atomic E-state index is 0.0217. The first-order valence-corrected chi connectivity index (χ1v) is 12.5. The Hall–Kier alpha value is 0.260. The SMILES string of the molecule is C=C(C)[C@@H]1CCC(C)(I)CCC[C@H](C)[C@H](O)[C@@H](C)C(=O)[C@@](C)(I)[C@@H](O)CC(=O)O1. The Morgan fingerprint density at radius 1 is 1.14 bits per heavy atom. The Kier molecular flexibility index (Phi) is 10.6. The van der Waals surface area contributed by atoms with Crippen molar-refractivity contribution < 1.29 is 24.5 Å². The highest BCUT2D eigenvalue weighted by Crippen LogP contribution is 2.36. The van der Waals surface area contributed by atoms with E-state index >= 15 is 0 Å². The first-order chi connectivity index (χ1) is 13.2. The van der Waals surface area contributed by atoms with E-state index in [0.29, 0.717) is 6.42 Å². The monoisotopic (exact) mass is 634 g/mol. The molecule has 1 rings (SSSR count). The molecule has 0 bridgehead atoms. The molecule has 1 aliphatic heterocycles. The molecule has 0 aromatic heterocycles. The molecule has 29 heavy (non-hydrogen) atoms. The summed E-state index contributed by atoms with van der Waals surface area (Å²) in [6.07, 6.45) is 1.66. The average molecular weight is 634 g/mol. The van der Waals surface area contributed by atoms with Crippen molar-refractivity contribution in [2.45, 2.75) is 98.3 Å². The highest BCUT2D eigenvalue weighted by Gasteiger charge is 2.44. The smallest absolute Gasteiger partial charge is 0.309 e. The maximum atomic E-state index is 13.0. The fraction of sp³-hybridized carbons (Fsp3) is 0.818. The molecule has 1 heterocycles. The minimum atomic E-state index is -1.19. The van der Waals surface area contributed by atoms with Gasteiger partial charge in [-0.2, -0.15) is 0 Å². The number of aliphatic hydroxyl groups is 2. The quantitative estimate of drug-likeness (QED) is 0.188. The zero-order valence-corrected chi connectivity index (χ0v) is 22.5. The summed E-state index contributed by atoms with van der Waals surface area (Å²) in [5.74, 6) is -1.43. The summed E-state index contributed by atoms with van der Waals surface area (Å²) >= 11 is 4.35. The van der Waals surface area contributed by atoms with Crippen molar-refractivity contribution in [1.29, 1.82) is 0 Å². The van der Waals surface area contributed by atoms with Gasteiger partial charge in [-0.1, -0.05) is 79.0 Å². The Balaban J connectivity index is 3.12. The number of aliphatic hydroxyl groups excluding tert-OH is 2. The second-order valence-electron chi connectivity index (χ2n) is 9.09. The molecule has 0 saturated carbocycles. The van der Waals surface area contributed by atoms with Gasteiger partial charge >= 0.3 is 5.97 Å². The van der Waals surface area contributed by atoms with E-state index in [4.69, 9.17) is 4.74 Å². The zero-order valence-electron chi connectivity index (χ0n) is 18.2. The van der Waals surface area contributed by atoms with E-state index in [9.17, 15) is 19.8 Å². The van der Waals surface area contributed by atoms with Gasteiger partial charge in [0.05, 0.1) is 18.6 Å². The molecule has 5 nitrogen and oxygen atoms in total. The molecular weight excluding hydrogens is 598 g/mol. The van der Waals surface area contributed by atoms with Crippen molar-refractivity contribution in [3.8, 4) is 0 Å². The van der Waals surface area contributed by atoms with Crippen molar-refractivity contribution in [3.63, 3.8) is 0 Å². The van der Waals surface area contributed by atoms with Gasteiger partial charge in [0.2, 0.25) is 0 Å². The normalized spacial score (nSPS) is 41.6. The largest absolute Gasteiger partial charge is 0.458 e. The molecule has 0 amide bonds. The molecule has 1 fully saturated rings. The van der Waals surface area contributed by atoms with Crippen LogP contribution >= 0.6 is 45.2 Å². The Morgan fingerprint density at radius 3 is 2.28 bits per heavy atom. The van der Waals surface area contributed by atoms with Gasteiger partial charge in [0.25, 0.3) is 0 Å². The highest BCUT2D eigenvalue weighted by atomic mass is 127. The summed E-state index contributed by atoms with van der Waals surface area (Å²) in [5, 5.41) is 21.3. The standard InChI is InChI=1S/C22H36I2O5/c1-13(2)16-9-11-21(5,23)10-7-8-14(3)19(27)15(4)20(28)22(6,24)17(25)12-18(26)29-16/h14-17,19,25,27H,1,7-12H2,2-6H3/t14-,15+,16-,17-,19-,21?,22-/m0/s1. The molecule has 1 aliphatic rings. The van der Waals surface area contributed by atoms with Crippen LogP contribution in [0.2, 0.25) is 0 Å². The summed E-state index contributed by atoms with van der Waals surface area (Å²) in [4.78, 5) is 25.5. The lowest BCUT2D eigenvalue weighted by Gasteiger charge is -2.34. The maximum absolute atomic E-state index is 13.0.